The van der Waals surface area contributed by atoms with E-state index in [2.05, 4.69) is 20.5 Å². The molecule has 0 atom stereocenters. The minimum absolute atomic E-state index is 0.515. The van der Waals surface area contributed by atoms with E-state index < -0.39 is 0 Å². The number of nitrogen functional groups attached to an aromatic ring is 1. The second-order valence-electron chi connectivity index (χ2n) is 3.29. The molecule has 2 aromatic rings. The van der Waals surface area contributed by atoms with Crippen LogP contribution in [-0.4, -0.2) is 30.0 Å². The Morgan fingerprint density at radius 2 is 2.00 bits per heavy atom. The summed E-state index contributed by atoms with van der Waals surface area (Å²) in [4.78, 5) is 1.40. The summed E-state index contributed by atoms with van der Waals surface area (Å²) in [5.41, 5.74) is 7.55. The molecule has 0 unspecified atom stereocenters. The van der Waals surface area contributed by atoms with Gasteiger partial charge in [0.05, 0.1) is 7.05 Å². The maximum absolute atomic E-state index is 5.88. The van der Waals surface area contributed by atoms with E-state index >= 15 is 0 Å². The molecule has 2 aromatic heterocycles. The molecule has 2 rings (SSSR count). The van der Waals surface area contributed by atoms with E-state index in [0.717, 1.165) is 12.0 Å². The van der Waals surface area contributed by atoms with Gasteiger partial charge in [-0.2, -0.15) is 9.90 Å². The van der Waals surface area contributed by atoms with Crippen LogP contribution in [0.1, 0.15) is 12.5 Å². The van der Waals surface area contributed by atoms with E-state index in [-0.39, 0.29) is 0 Å². The molecule has 15 heavy (non-hydrogen) atoms. The van der Waals surface area contributed by atoms with E-state index in [1.807, 2.05) is 6.92 Å². The Labute approximate surface area is 86.9 Å². The summed E-state index contributed by atoms with van der Waals surface area (Å²) in [7, 11) is 3.52. The van der Waals surface area contributed by atoms with E-state index in [1.54, 1.807) is 18.8 Å². The Hall–Kier alpha value is -1.92. The molecule has 0 aromatic carbocycles. The summed E-state index contributed by atoms with van der Waals surface area (Å²) in [6.45, 7) is 2.02. The Kier molecular flexibility index (Phi) is 2.14. The van der Waals surface area contributed by atoms with Crippen LogP contribution in [0.2, 0.25) is 0 Å². The van der Waals surface area contributed by atoms with Gasteiger partial charge < -0.3 is 5.73 Å². The zero-order chi connectivity index (χ0) is 11.0. The molecule has 0 aliphatic carbocycles. The molecule has 0 radical (unpaired) electrons. The van der Waals surface area contributed by atoms with Crippen molar-refractivity contribution in [3.05, 3.63) is 5.56 Å². The molecule has 0 bridgehead atoms. The van der Waals surface area contributed by atoms with Crippen LogP contribution in [0.25, 0.3) is 11.5 Å². The summed E-state index contributed by atoms with van der Waals surface area (Å²) in [5, 5.41) is 16.1. The van der Waals surface area contributed by atoms with Gasteiger partial charge in [-0.05, 0) is 11.6 Å². The Bertz CT molecular complexity index is 481. The first-order valence-electron chi connectivity index (χ1n) is 4.69. The van der Waals surface area contributed by atoms with E-state index in [9.17, 15) is 0 Å². The summed E-state index contributed by atoms with van der Waals surface area (Å²) in [6.07, 6.45) is 0.799. The molecule has 2 heterocycles. The van der Waals surface area contributed by atoms with Crippen LogP contribution in [0.15, 0.2) is 0 Å². The van der Waals surface area contributed by atoms with Crippen LogP contribution in [0.5, 0.6) is 0 Å². The van der Waals surface area contributed by atoms with Gasteiger partial charge in [-0.3, -0.25) is 4.68 Å². The molecule has 2 N–H and O–H groups in total. The van der Waals surface area contributed by atoms with Gasteiger partial charge in [-0.1, -0.05) is 6.92 Å². The normalized spacial score (nSPS) is 10.9. The molecule has 0 amide bonds. The molecule has 7 heteroatoms. The molecule has 0 saturated heterocycles. The Balaban J connectivity index is 2.57. The molecular weight excluding hydrogens is 194 g/mol. The van der Waals surface area contributed by atoms with E-state index in [0.29, 0.717) is 17.3 Å². The first kappa shape index (κ1) is 9.63. The number of nitrogens with two attached hydrogens (primary N) is 1. The highest BCUT2D eigenvalue weighted by molar-refractivity contribution is 5.62. The number of tetrazole rings is 1. The van der Waals surface area contributed by atoms with Gasteiger partial charge in [0.25, 0.3) is 0 Å². The molecule has 80 valence electrons. The predicted octanol–water partition coefficient (Wildman–Crippen LogP) is -0.245. The summed E-state index contributed by atoms with van der Waals surface area (Å²) in [6, 6.07) is 0. The second kappa shape index (κ2) is 3.34. The highest BCUT2D eigenvalue weighted by atomic mass is 15.6. The Morgan fingerprint density at radius 1 is 1.27 bits per heavy atom. The SMILES string of the molecule is CCc1c(-c2nnn(C)n2)nn(C)c1N. The number of nitrogens with zero attached hydrogens (tertiary/aromatic N) is 6. The lowest BCUT2D eigenvalue weighted by atomic mass is 10.2. The number of anilines is 1. The predicted molar refractivity (Wildman–Crippen MR) is 54.8 cm³/mol. The van der Waals surface area contributed by atoms with Crippen LogP contribution >= 0.6 is 0 Å². The van der Waals surface area contributed by atoms with E-state index in [1.165, 1.54) is 4.80 Å². The minimum atomic E-state index is 0.515. The fourth-order valence-corrected chi connectivity index (χ4v) is 1.49. The van der Waals surface area contributed by atoms with Gasteiger partial charge in [0.15, 0.2) is 0 Å². The minimum Gasteiger partial charge on any atom is -0.384 e. The van der Waals surface area contributed by atoms with Gasteiger partial charge in [0.2, 0.25) is 5.82 Å². The van der Waals surface area contributed by atoms with Crippen LogP contribution in [0.4, 0.5) is 5.82 Å². The zero-order valence-corrected chi connectivity index (χ0v) is 8.97. The fourth-order valence-electron chi connectivity index (χ4n) is 1.49. The molecule has 0 fully saturated rings. The average molecular weight is 207 g/mol. The third-order valence-electron chi connectivity index (χ3n) is 2.27. The van der Waals surface area contributed by atoms with Crippen LogP contribution in [-0.2, 0) is 20.5 Å². The van der Waals surface area contributed by atoms with Gasteiger partial charge >= 0.3 is 0 Å². The van der Waals surface area contributed by atoms with E-state index in [4.69, 9.17) is 5.73 Å². The topological polar surface area (TPSA) is 87.4 Å². The summed E-state index contributed by atoms with van der Waals surface area (Å²) < 4.78 is 1.63. The van der Waals surface area contributed by atoms with Crippen LogP contribution in [0, 0.1) is 0 Å². The zero-order valence-electron chi connectivity index (χ0n) is 8.97. The number of aromatic nitrogens is 6. The highest BCUT2D eigenvalue weighted by Gasteiger charge is 2.17. The van der Waals surface area contributed by atoms with Crippen LogP contribution < -0.4 is 5.73 Å². The maximum atomic E-state index is 5.88. The van der Waals surface area contributed by atoms with Crippen molar-refractivity contribution in [1.29, 1.82) is 0 Å². The number of rotatable bonds is 2. The molecule has 7 nitrogen and oxygen atoms in total. The smallest absolute Gasteiger partial charge is 0.225 e. The van der Waals surface area contributed by atoms with Gasteiger partial charge in [-0.15, -0.1) is 10.2 Å². The molecule has 0 aliphatic rings. The quantitative estimate of drug-likeness (QED) is 0.734. The lowest BCUT2D eigenvalue weighted by molar-refractivity contribution is 0.630. The second-order valence-corrected chi connectivity index (χ2v) is 3.29. The van der Waals surface area contributed by atoms with Crippen molar-refractivity contribution in [3.8, 4) is 11.5 Å². The van der Waals surface area contributed by atoms with Crippen molar-refractivity contribution in [2.75, 3.05) is 5.73 Å². The molecule has 0 aliphatic heterocycles. The lowest BCUT2D eigenvalue weighted by Gasteiger charge is -1.95. The number of hydrogen-bond acceptors (Lipinski definition) is 5. The van der Waals surface area contributed by atoms with Crippen molar-refractivity contribution < 1.29 is 0 Å². The van der Waals surface area contributed by atoms with Crippen molar-refractivity contribution in [1.82, 2.24) is 30.0 Å². The van der Waals surface area contributed by atoms with Crippen LogP contribution in [0.3, 0.4) is 0 Å². The number of hydrogen-bond donors (Lipinski definition) is 1. The highest BCUT2D eigenvalue weighted by Crippen LogP contribution is 2.23. The average Bonchev–Trinajstić information content (AvgIpc) is 2.73. The molecule has 0 saturated carbocycles. The molecule has 0 spiro atoms. The first-order valence-corrected chi connectivity index (χ1v) is 4.69. The first-order chi connectivity index (χ1) is 7.13. The van der Waals surface area contributed by atoms with Gasteiger partial charge in [0.1, 0.15) is 11.5 Å². The monoisotopic (exact) mass is 207 g/mol. The largest absolute Gasteiger partial charge is 0.384 e. The fraction of sp³-hybridized carbons (Fsp3) is 0.500. The van der Waals surface area contributed by atoms with Crippen molar-refractivity contribution in [3.63, 3.8) is 0 Å². The van der Waals surface area contributed by atoms with Gasteiger partial charge in [0, 0.05) is 12.6 Å². The standard InChI is InChI=1S/C8H13N7/c1-4-5-6(11-14(2)7(5)9)8-10-13-15(3)12-8/h4,9H2,1-3H3. The third kappa shape index (κ3) is 1.45. The van der Waals surface area contributed by atoms with Crippen molar-refractivity contribution in [2.45, 2.75) is 13.3 Å². The van der Waals surface area contributed by atoms with Gasteiger partial charge in [-0.25, -0.2) is 0 Å². The lowest BCUT2D eigenvalue weighted by Crippen LogP contribution is -1.98. The van der Waals surface area contributed by atoms with Crippen molar-refractivity contribution in [2.24, 2.45) is 14.1 Å². The molecular formula is C8H13N7. The Morgan fingerprint density at radius 3 is 2.53 bits per heavy atom. The summed E-state index contributed by atoms with van der Waals surface area (Å²) in [5.74, 6) is 1.17. The summed E-state index contributed by atoms with van der Waals surface area (Å²) >= 11 is 0. The van der Waals surface area contributed by atoms with Crippen molar-refractivity contribution >= 4 is 5.82 Å². The third-order valence-corrected chi connectivity index (χ3v) is 2.27. The number of aryl methyl sites for hydroxylation is 2. The maximum Gasteiger partial charge on any atom is 0.225 e.